The van der Waals surface area contributed by atoms with E-state index in [1.165, 1.54) is 28.8 Å². The SMILES string of the molecule is CC1(C)CCC(CN2CCN(c3ccc(C(=O)NS(=O)(=O)c4ccc(NCC5CCC(C)(O)CC5)c([N+](=O)[O-])c4)c(N4CCCOc5nc6[nH]ccc6cc54)c3)CC2)=C(c2ccc(Cl)cc2)C1. The molecule has 4 aliphatic rings. The van der Waals surface area contributed by atoms with Crippen molar-refractivity contribution in [2.75, 3.05) is 67.5 Å². The molecular formula is C50H59ClN8O7S. The van der Waals surface area contributed by atoms with E-state index in [1.54, 1.807) is 12.3 Å². The Morgan fingerprint density at radius 2 is 1.73 bits per heavy atom. The average Bonchev–Trinajstić information content (AvgIpc) is 3.66. The van der Waals surface area contributed by atoms with E-state index in [0.717, 1.165) is 87.0 Å². The van der Waals surface area contributed by atoms with Gasteiger partial charge in [0.2, 0.25) is 5.88 Å². The lowest BCUT2D eigenvalue weighted by Gasteiger charge is -2.39. The summed E-state index contributed by atoms with van der Waals surface area (Å²) in [7, 11) is -4.59. The summed E-state index contributed by atoms with van der Waals surface area (Å²) in [5.41, 5.74) is 6.15. The van der Waals surface area contributed by atoms with E-state index in [0.29, 0.717) is 61.9 Å². The minimum Gasteiger partial charge on any atom is -0.476 e. The second-order valence-corrected chi connectivity index (χ2v) is 21.8. The van der Waals surface area contributed by atoms with Crippen LogP contribution in [0.2, 0.25) is 5.02 Å². The van der Waals surface area contributed by atoms with E-state index in [4.69, 9.17) is 21.3 Å². The molecule has 15 nitrogen and oxygen atoms in total. The zero-order chi connectivity index (χ0) is 47.1. The summed E-state index contributed by atoms with van der Waals surface area (Å²) in [5, 5.41) is 27.3. The summed E-state index contributed by atoms with van der Waals surface area (Å²) in [6, 6.07) is 21.1. The van der Waals surface area contributed by atoms with Crippen LogP contribution in [-0.4, -0.2) is 97.2 Å². The number of rotatable bonds is 12. The number of amides is 1. The largest absolute Gasteiger partial charge is 0.476 e. The van der Waals surface area contributed by atoms with Crippen LogP contribution < -0.4 is 24.6 Å². The van der Waals surface area contributed by atoms with Crippen molar-refractivity contribution in [1.82, 2.24) is 19.6 Å². The van der Waals surface area contributed by atoms with Gasteiger partial charge in [0.1, 0.15) is 17.0 Å². The van der Waals surface area contributed by atoms with Gasteiger partial charge in [0, 0.05) is 74.2 Å². The highest BCUT2D eigenvalue weighted by Crippen LogP contribution is 2.44. The fourth-order valence-corrected chi connectivity index (χ4v) is 11.1. The summed E-state index contributed by atoms with van der Waals surface area (Å²) in [6.07, 6.45) is 8.39. The van der Waals surface area contributed by atoms with Crippen molar-refractivity contribution >= 4 is 72.6 Å². The van der Waals surface area contributed by atoms with E-state index < -0.39 is 37.0 Å². The van der Waals surface area contributed by atoms with Gasteiger partial charge in [-0.2, -0.15) is 4.98 Å². The molecule has 0 atom stereocenters. The molecule has 4 N–H and O–H groups in total. The zero-order valence-corrected chi connectivity index (χ0v) is 39.9. The lowest BCUT2D eigenvalue weighted by atomic mass is 9.72. The van der Waals surface area contributed by atoms with Crippen molar-refractivity contribution in [2.24, 2.45) is 11.3 Å². The van der Waals surface area contributed by atoms with Gasteiger partial charge in [0.05, 0.1) is 33.3 Å². The third kappa shape index (κ3) is 10.4. The first kappa shape index (κ1) is 46.4. The van der Waals surface area contributed by atoms with Gasteiger partial charge in [0.25, 0.3) is 21.6 Å². The van der Waals surface area contributed by atoms with Gasteiger partial charge in [-0.05, 0) is 135 Å². The second kappa shape index (κ2) is 18.8. The summed E-state index contributed by atoms with van der Waals surface area (Å²) in [6.45, 7) is 11.8. The third-order valence-corrected chi connectivity index (χ3v) is 15.6. The number of aliphatic hydroxyl groups is 1. The number of H-pyrrole nitrogens is 1. The van der Waals surface area contributed by atoms with Crippen LogP contribution in [0.3, 0.4) is 0 Å². The molecule has 354 valence electrons. The highest BCUT2D eigenvalue weighted by Gasteiger charge is 2.33. The maximum Gasteiger partial charge on any atom is 0.293 e. The van der Waals surface area contributed by atoms with Crippen molar-refractivity contribution in [2.45, 2.75) is 82.6 Å². The minimum atomic E-state index is -4.59. The standard InChI is InChI=1S/C50H59ClN8O7S/c1-49(2)17-15-36(41(30-49)34-5-7-37(51)8-6-34)32-56-22-24-57(25-23-56)38-9-11-40(43(28-38)58-21-4-26-66-48-45(58)27-35-16-20-52-46(35)54-48)47(60)55-67(64,65)39-10-12-42(44(29-39)59(62)63)53-31-33-13-18-50(3,61)19-14-33/h5-12,16,20,27-29,33,53,61H,4,13-15,17-19,21-26,30-32H2,1-3H3,(H,52,54)(H,55,60). The number of halogens is 1. The molecule has 0 bridgehead atoms. The van der Waals surface area contributed by atoms with Crippen molar-refractivity contribution in [3.63, 3.8) is 0 Å². The molecule has 4 heterocycles. The summed E-state index contributed by atoms with van der Waals surface area (Å²) < 4.78 is 36.3. The maximum atomic E-state index is 14.4. The first-order valence-corrected chi connectivity index (χ1v) is 25.2. The van der Waals surface area contributed by atoms with Crippen LogP contribution >= 0.6 is 11.6 Å². The Hall–Kier alpha value is -5.68. The second-order valence-electron chi connectivity index (χ2n) is 19.7. The quantitative estimate of drug-likeness (QED) is 0.0687. The monoisotopic (exact) mass is 950 g/mol. The molecule has 17 heteroatoms. The molecule has 1 amide bonds. The van der Waals surface area contributed by atoms with Crippen molar-refractivity contribution in [3.05, 3.63) is 111 Å². The van der Waals surface area contributed by atoms with Crippen LogP contribution in [0.25, 0.3) is 16.6 Å². The minimum absolute atomic E-state index is 0.106. The molecule has 2 aliphatic heterocycles. The fourth-order valence-electron chi connectivity index (χ4n) is 10.0. The molecule has 67 heavy (non-hydrogen) atoms. The lowest BCUT2D eigenvalue weighted by Crippen LogP contribution is -2.47. The van der Waals surface area contributed by atoms with E-state index in [-0.39, 0.29) is 22.6 Å². The Bertz CT molecular complexity index is 2810. The van der Waals surface area contributed by atoms with Gasteiger partial charge >= 0.3 is 0 Å². The number of allylic oxidation sites excluding steroid dienone is 1. The predicted octanol–water partition coefficient (Wildman–Crippen LogP) is 9.30. The topological polar surface area (TPSA) is 186 Å². The molecule has 9 rings (SSSR count). The molecule has 5 aromatic rings. The Morgan fingerprint density at radius 3 is 2.48 bits per heavy atom. The Morgan fingerprint density at radius 1 is 0.970 bits per heavy atom. The van der Waals surface area contributed by atoms with E-state index in [9.17, 15) is 28.4 Å². The molecule has 2 aliphatic carbocycles. The molecule has 3 aromatic carbocycles. The Balaban J connectivity index is 0.975. The van der Waals surface area contributed by atoms with E-state index in [2.05, 4.69) is 50.8 Å². The number of pyridine rings is 1. The predicted molar refractivity (Wildman–Crippen MR) is 263 cm³/mol. The number of sulfonamides is 1. The number of carbonyl (C=O) groups excluding carboxylic acids is 1. The number of hydrogen-bond donors (Lipinski definition) is 4. The number of ether oxygens (including phenoxy) is 1. The number of aromatic nitrogens is 2. The number of anilines is 4. The third-order valence-electron chi connectivity index (χ3n) is 14.1. The number of piperazine rings is 1. The normalized spacial score (nSPS) is 21.4. The van der Waals surface area contributed by atoms with Gasteiger partial charge in [-0.25, -0.2) is 13.1 Å². The van der Waals surface area contributed by atoms with Crippen LogP contribution in [0.1, 0.15) is 88.1 Å². The lowest BCUT2D eigenvalue weighted by molar-refractivity contribution is -0.384. The molecule has 2 aromatic heterocycles. The summed E-state index contributed by atoms with van der Waals surface area (Å²) in [5.74, 6) is -0.292. The maximum absolute atomic E-state index is 14.4. The first-order chi connectivity index (χ1) is 32.0. The highest BCUT2D eigenvalue weighted by atomic mass is 35.5. The molecule has 1 saturated heterocycles. The molecule has 0 spiro atoms. The smallest absolute Gasteiger partial charge is 0.293 e. The number of carbonyl (C=O) groups is 1. The number of benzene rings is 3. The molecule has 0 radical (unpaired) electrons. The number of nitrogens with zero attached hydrogens (tertiary/aromatic N) is 5. The van der Waals surface area contributed by atoms with E-state index in [1.807, 2.05) is 48.2 Å². The van der Waals surface area contributed by atoms with Gasteiger partial charge in [-0.3, -0.25) is 19.8 Å². The number of nitro benzene ring substituents is 1. The molecule has 0 unspecified atom stereocenters. The molecular weight excluding hydrogens is 892 g/mol. The van der Waals surface area contributed by atoms with Crippen molar-refractivity contribution in [3.8, 4) is 5.88 Å². The highest BCUT2D eigenvalue weighted by molar-refractivity contribution is 7.90. The fraction of sp³-hybridized carbons (Fsp3) is 0.440. The van der Waals surface area contributed by atoms with Gasteiger partial charge in [-0.1, -0.05) is 43.2 Å². The number of nitro groups is 1. The van der Waals surface area contributed by atoms with Gasteiger partial charge in [0.15, 0.2) is 0 Å². The van der Waals surface area contributed by atoms with Gasteiger partial charge < -0.3 is 29.9 Å². The van der Waals surface area contributed by atoms with Crippen LogP contribution in [0.5, 0.6) is 5.88 Å². The van der Waals surface area contributed by atoms with Crippen molar-refractivity contribution < 1.29 is 28.0 Å². The van der Waals surface area contributed by atoms with Crippen LogP contribution in [0.4, 0.5) is 28.4 Å². The molecule has 2 fully saturated rings. The van der Waals surface area contributed by atoms with Gasteiger partial charge in [-0.15, -0.1) is 0 Å². The van der Waals surface area contributed by atoms with Crippen LogP contribution in [0, 0.1) is 21.4 Å². The number of nitrogens with one attached hydrogen (secondary N) is 3. The Labute approximate surface area is 396 Å². The molecule has 1 saturated carbocycles. The first-order valence-electron chi connectivity index (χ1n) is 23.3. The summed E-state index contributed by atoms with van der Waals surface area (Å²) >= 11 is 6.27. The number of aromatic amines is 1. The summed E-state index contributed by atoms with van der Waals surface area (Å²) in [4.78, 5) is 40.3. The van der Waals surface area contributed by atoms with Crippen LogP contribution in [0.15, 0.2) is 89.5 Å². The van der Waals surface area contributed by atoms with E-state index >= 15 is 0 Å². The zero-order valence-electron chi connectivity index (χ0n) is 38.3. The van der Waals surface area contributed by atoms with Crippen molar-refractivity contribution in [1.29, 1.82) is 0 Å². The number of hydrogen-bond acceptors (Lipinski definition) is 12. The number of fused-ring (bicyclic) bond motifs is 2. The Kier molecular flexibility index (Phi) is 13.0. The average molecular weight is 952 g/mol. The van der Waals surface area contributed by atoms with Crippen LogP contribution in [-0.2, 0) is 10.0 Å².